The van der Waals surface area contributed by atoms with E-state index in [0.29, 0.717) is 0 Å². The molecule has 3 atom stereocenters. The third-order valence-electron chi connectivity index (χ3n) is 5.20. The van der Waals surface area contributed by atoms with Crippen LogP contribution in [0.1, 0.15) is 35.6 Å². The van der Waals surface area contributed by atoms with Crippen LogP contribution in [0, 0.1) is 5.92 Å². The summed E-state index contributed by atoms with van der Waals surface area (Å²) in [6, 6.07) is 12.3. The van der Waals surface area contributed by atoms with Gasteiger partial charge < -0.3 is 14.7 Å². The molecule has 3 rings (SSSR count). The normalized spacial score (nSPS) is 27.4. The Labute approximate surface area is 148 Å². The van der Waals surface area contributed by atoms with Crippen molar-refractivity contribution in [1.82, 2.24) is 4.90 Å². The molecule has 4 heteroatoms. The van der Waals surface area contributed by atoms with Crippen molar-refractivity contribution >= 4 is 11.3 Å². The summed E-state index contributed by atoms with van der Waals surface area (Å²) in [6.07, 6.45) is 3.21. The highest BCUT2D eigenvalue weighted by atomic mass is 32.1. The van der Waals surface area contributed by atoms with Gasteiger partial charge in [-0.2, -0.15) is 0 Å². The van der Waals surface area contributed by atoms with Crippen LogP contribution < -0.4 is 4.74 Å². The van der Waals surface area contributed by atoms with Gasteiger partial charge in [0, 0.05) is 23.3 Å². The van der Waals surface area contributed by atoms with Crippen molar-refractivity contribution in [3.05, 3.63) is 52.2 Å². The highest BCUT2D eigenvalue weighted by Gasteiger charge is 2.48. The number of hydrogen-bond donors (Lipinski definition) is 1. The van der Waals surface area contributed by atoms with Crippen LogP contribution in [0.2, 0.25) is 0 Å². The number of nitrogens with zero attached hydrogens (tertiary/aromatic N) is 1. The number of hydrogen-bond acceptors (Lipinski definition) is 4. The SMILES string of the molecule is COc1cccc(C2CCCC(CN(C)C)C2(O)c2cccs2)c1. The molecule has 1 saturated carbocycles. The van der Waals surface area contributed by atoms with E-state index in [-0.39, 0.29) is 11.8 Å². The lowest BCUT2D eigenvalue weighted by Crippen LogP contribution is -2.47. The standard InChI is InChI=1S/C20H27NO2S/c1-21(2)14-16-8-5-10-18(15-7-4-9-17(13-15)23-3)20(16,22)19-11-6-12-24-19/h4,6-7,9,11-13,16,18,22H,5,8,10,14H2,1-3H3. The molecule has 1 aromatic heterocycles. The molecular formula is C20H27NO2S. The molecule has 3 unspecified atom stereocenters. The molecule has 3 nitrogen and oxygen atoms in total. The highest BCUT2D eigenvalue weighted by molar-refractivity contribution is 7.10. The Morgan fingerprint density at radius 2 is 2.08 bits per heavy atom. The van der Waals surface area contributed by atoms with Gasteiger partial charge in [-0.15, -0.1) is 11.3 Å². The fraction of sp³-hybridized carbons (Fsp3) is 0.500. The lowest BCUT2D eigenvalue weighted by Gasteiger charge is -2.46. The maximum absolute atomic E-state index is 12.0. The van der Waals surface area contributed by atoms with Crippen LogP contribution in [0.4, 0.5) is 0 Å². The van der Waals surface area contributed by atoms with E-state index in [1.54, 1.807) is 18.4 Å². The summed E-state index contributed by atoms with van der Waals surface area (Å²) in [6.45, 7) is 0.898. The van der Waals surface area contributed by atoms with Crippen molar-refractivity contribution in [1.29, 1.82) is 0 Å². The summed E-state index contributed by atoms with van der Waals surface area (Å²) in [4.78, 5) is 3.28. The van der Waals surface area contributed by atoms with E-state index < -0.39 is 5.60 Å². The minimum absolute atomic E-state index is 0.102. The molecule has 1 fully saturated rings. The van der Waals surface area contributed by atoms with Crippen molar-refractivity contribution in [3.63, 3.8) is 0 Å². The van der Waals surface area contributed by atoms with Crippen LogP contribution in [0.25, 0.3) is 0 Å². The van der Waals surface area contributed by atoms with Crippen molar-refractivity contribution in [2.45, 2.75) is 30.8 Å². The topological polar surface area (TPSA) is 32.7 Å². The summed E-state index contributed by atoms with van der Waals surface area (Å²) in [5, 5.41) is 14.0. The minimum atomic E-state index is -0.816. The van der Waals surface area contributed by atoms with Gasteiger partial charge in [0.05, 0.1) is 7.11 Å². The Morgan fingerprint density at radius 1 is 1.25 bits per heavy atom. The third-order valence-corrected chi connectivity index (χ3v) is 6.21. The Hall–Kier alpha value is -1.36. The maximum atomic E-state index is 12.0. The van der Waals surface area contributed by atoms with Gasteiger partial charge in [0.1, 0.15) is 11.4 Å². The molecule has 0 amide bonds. The predicted molar refractivity (Wildman–Crippen MR) is 99.8 cm³/mol. The maximum Gasteiger partial charge on any atom is 0.119 e. The largest absolute Gasteiger partial charge is 0.497 e. The molecular weight excluding hydrogens is 318 g/mol. The van der Waals surface area contributed by atoms with E-state index in [2.05, 4.69) is 42.6 Å². The van der Waals surface area contributed by atoms with Crippen molar-refractivity contribution in [2.75, 3.05) is 27.7 Å². The lowest BCUT2D eigenvalue weighted by molar-refractivity contribution is -0.0774. The van der Waals surface area contributed by atoms with Crippen LogP contribution in [0.3, 0.4) is 0 Å². The fourth-order valence-corrected chi connectivity index (χ4v) is 5.08. The molecule has 1 aromatic carbocycles. The first-order valence-electron chi connectivity index (χ1n) is 8.60. The van der Waals surface area contributed by atoms with E-state index in [4.69, 9.17) is 4.74 Å². The summed E-state index contributed by atoms with van der Waals surface area (Å²) in [7, 11) is 5.87. The fourth-order valence-electron chi connectivity index (χ4n) is 4.12. The van der Waals surface area contributed by atoms with Crippen molar-refractivity contribution in [3.8, 4) is 5.75 Å². The minimum Gasteiger partial charge on any atom is -0.497 e. The van der Waals surface area contributed by atoms with Gasteiger partial charge in [-0.05, 0) is 56.1 Å². The summed E-state index contributed by atoms with van der Waals surface area (Å²) >= 11 is 1.67. The summed E-state index contributed by atoms with van der Waals surface area (Å²) in [5.41, 5.74) is 0.358. The second-order valence-electron chi connectivity index (χ2n) is 7.02. The summed E-state index contributed by atoms with van der Waals surface area (Å²) in [5.74, 6) is 1.19. The Morgan fingerprint density at radius 3 is 2.75 bits per heavy atom. The molecule has 1 aliphatic carbocycles. The molecule has 1 N–H and O–H groups in total. The second-order valence-corrected chi connectivity index (χ2v) is 7.97. The Kier molecular flexibility index (Phi) is 5.28. The van der Waals surface area contributed by atoms with E-state index >= 15 is 0 Å². The molecule has 0 aliphatic heterocycles. The molecule has 0 radical (unpaired) electrons. The quantitative estimate of drug-likeness (QED) is 0.886. The van der Waals surface area contributed by atoms with Gasteiger partial charge in [-0.1, -0.05) is 24.6 Å². The van der Waals surface area contributed by atoms with E-state index in [1.165, 1.54) is 5.56 Å². The monoisotopic (exact) mass is 345 g/mol. The Balaban J connectivity index is 2.05. The first-order chi connectivity index (χ1) is 11.6. The number of rotatable bonds is 5. The van der Waals surface area contributed by atoms with Gasteiger partial charge in [0.15, 0.2) is 0 Å². The van der Waals surface area contributed by atoms with Gasteiger partial charge in [0.2, 0.25) is 0 Å². The van der Waals surface area contributed by atoms with Gasteiger partial charge >= 0.3 is 0 Å². The van der Waals surface area contributed by atoms with E-state index in [9.17, 15) is 5.11 Å². The molecule has 0 saturated heterocycles. The van der Waals surface area contributed by atoms with Gasteiger partial charge in [-0.25, -0.2) is 0 Å². The zero-order chi connectivity index (χ0) is 17.2. The van der Waals surface area contributed by atoms with Crippen LogP contribution in [0.5, 0.6) is 5.75 Å². The van der Waals surface area contributed by atoms with E-state index in [1.807, 2.05) is 18.2 Å². The lowest BCUT2D eigenvalue weighted by atomic mass is 9.65. The molecule has 130 valence electrons. The first-order valence-corrected chi connectivity index (χ1v) is 9.48. The molecule has 1 heterocycles. The summed E-state index contributed by atoms with van der Waals surface area (Å²) < 4.78 is 5.41. The van der Waals surface area contributed by atoms with Crippen LogP contribution in [0.15, 0.2) is 41.8 Å². The first kappa shape index (κ1) is 17.5. The van der Waals surface area contributed by atoms with Gasteiger partial charge in [0.25, 0.3) is 0 Å². The average Bonchev–Trinajstić information content (AvgIpc) is 3.11. The number of thiophene rings is 1. The van der Waals surface area contributed by atoms with E-state index in [0.717, 1.165) is 36.4 Å². The zero-order valence-corrected chi connectivity index (χ0v) is 15.6. The van der Waals surface area contributed by atoms with Crippen LogP contribution in [-0.4, -0.2) is 37.8 Å². The number of ether oxygens (including phenoxy) is 1. The number of benzene rings is 1. The number of aliphatic hydroxyl groups is 1. The van der Waals surface area contributed by atoms with Gasteiger partial charge in [-0.3, -0.25) is 0 Å². The molecule has 1 aliphatic rings. The van der Waals surface area contributed by atoms with Crippen LogP contribution >= 0.6 is 11.3 Å². The Bertz CT molecular complexity index is 655. The smallest absolute Gasteiger partial charge is 0.119 e. The van der Waals surface area contributed by atoms with Crippen LogP contribution in [-0.2, 0) is 5.60 Å². The average molecular weight is 346 g/mol. The molecule has 0 bridgehead atoms. The zero-order valence-electron chi connectivity index (χ0n) is 14.7. The molecule has 24 heavy (non-hydrogen) atoms. The predicted octanol–water partition coefficient (Wildman–Crippen LogP) is 4.09. The third kappa shape index (κ3) is 3.23. The molecule has 2 aromatic rings. The van der Waals surface area contributed by atoms with Crippen molar-refractivity contribution in [2.24, 2.45) is 5.92 Å². The highest BCUT2D eigenvalue weighted by Crippen LogP contribution is 2.52. The molecule has 0 spiro atoms. The van der Waals surface area contributed by atoms with Crippen molar-refractivity contribution < 1.29 is 9.84 Å². The second kappa shape index (κ2) is 7.26. The number of methoxy groups -OCH3 is 1.